The minimum Gasteiger partial charge on any atom is -0.494 e. The highest BCUT2D eigenvalue weighted by atomic mass is 16.5. The zero-order valence-corrected chi connectivity index (χ0v) is 16.7. The normalized spacial score (nSPS) is 10.6. The van der Waals surface area contributed by atoms with Gasteiger partial charge in [0.25, 0.3) is 0 Å². The monoisotopic (exact) mass is 395 g/mol. The number of hydrogen-bond acceptors (Lipinski definition) is 6. The summed E-state index contributed by atoms with van der Waals surface area (Å²) in [6, 6.07) is 14.6. The number of carbonyl (C=O) groups is 1. The summed E-state index contributed by atoms with van der Waals surface area (Å²) < 4.78 is 16.4. The summed E-state index contributed by atoms with van der Waals surface area (Å²) >= 11 is 0. The first-order chi connectivity index (χ1) is 14.2. The molecule has 0 aliphatic carbocycles. The summed E-state index contributed by atoms with van der Waals surface area (Å²) in [6.07, 6.45) is 2.43. The average Bonchev–Trinajstić information content (AvgIpc) is 3.17. The molecule has 0 spiro atoms. The van der Waals surface area contributed by atoms with Gasteiger partial charge in [-0.2, -0.15) is 4.98 Å². The van der Waals surface area contributed by atoms with E-state index in [1.807, 2.05) is 31.2 Å². The summed E-state index contributed by atoms with van der Waals surface area (Å²) in [7, 11) is 0. The molecule has 0 radical (unpaired) electrons. The minimum atomic E-state index is -0.111. The van der Waals surface area contributed by atoms with Gasteiger partial charge >= 0.3 is 0 Å². The third-order valence-corrected chi connectivity index (χ3v) is 4.06. The van der Waals surface area contributed by atoms with Gasteiger partial charge in [-0.1, -0.05) is 12.1 Å². The Kier molecular flexibility index (Phi) is 7.22. The quantitative estimate of drug-likeness (QED) is 0.531. The van der Waals surface area contributed by atoms with E-state index in [0.29, 0.717) is 41.9 Å². The highest BCUT2D eigenvalue weighted by Crippen LogP contribution is 2.25. The van der Waals surface area contributed by atoms with E-state index in [1.165, 1.54) is 0 Å². The molecule has 3 rings (SSSR count). The van der Waals surface area contributed by atoms with Gasteiger partial charge in [-0.25, -0.2) is 0 Å². The first-order valence-electron chi connectivity index (χ1n) is 9.78. The molecule has 0 fully saturated rings. The summed E-state index contributed by atoms with van der Waals surface area (Å²) in [5.41, 5.74) is 0.700. The van der Waals surface area contributed by atoms with Crippen LogP contribution in [0.25, 0.3) is 0 Å². The van der Waals surface area contributed by atoms with E-state index < -0.39 is 0 Å². The Hall–Kier alpha value is -3.35. The molecule has 152 valence electrons. The molecule has 0 aliphatic rings. The van der Waals surface area contributed by atoms with E-state index in [-0.39, 0.29) is 12.3 Å². The van der Waals surface area contributed by atoms with E-state index in [4.69, 9.17) is 14.0 Å². The fourth-order valence-electron chi connectivity index (χ4n) is 2.67. The van der Waals surface area contributed by atoms with E-state index in [9.17, 15) is 4.79 Å². The smallest absolute Gasteiger partial charge is 0.227 e. The standard InChI is InChI=1S/C22H25N3O4/c1-3-5-20-24-22(29-25-20)15-14-21(26)23-16-6-8-18(9-7-16)28-19-12-10-17(11-13-19)27-4-2/h6-13H,3-5,14-15H2,1-2H3,(H,23,26). The number of aryl methyl sites for hydroxylation is 2. The molecular weight excluding hydrogens is 370 g/mol. The molecule has 3 aromatic rings. The summed E-state index contributed by atoms with van der Waals surface area (Å²) in [5, 5.41) is 6.74. The molecule has 0 aliphatic heterocycles. The van der Waals surface area contributed by atoms with Gasteiger partial charge < -0.3 is 19.3 Å². The van der Waals surface area contributed by atoms with Gasteiger partial charge in [-0.05, 0) is 61.9 Å². The second kappa shape index (κ2) is 10.3. The second-order valence-corrected chi connectivity index (χ2v) is 6.43. The van der Waals surface area contributed by atoms with E-state index in [0.717, 1.165) is 18.6 Å². The molecule has 7 nitrogen and oxygen atoms in total. The largest absolute Gasteiger partial charge is 0.494 e. The predicted octanol–water partition coefficient (Wildman–Crippen LogP) is 4.78. The highest BCUT2D eigenvalue weighted by molar-refractivity contribution is 5.90. The molecule has 1 aromatic heterocycles. The molecule has 7 heteroatoms. The van der Waals surface area contributed by atoms with Crippen molar-refractivity contribution >= 4 is 11.6 Å². The van der Waals surface area contributed by atoms with Gasteiger partial charge in [-0.15, -0.1) is 0 Å². The Morgan fingerprint density at radius 2 is 1.62 bits per heavy atom. The van der Waals surface area contributed by atoms with Crippen molar-refractivity contribution in [2.75, 3.05) is 11.9 Å². The average molecular weight is 395 g/mol. The number of ether oxygens (including phenoxy) is 2. The molecule has 0 atom stereocenters. The molecule has 1 heterocycles. The van der Waals surface area contributed by atoms with Crippen LogP contribution in [-0.2, 0) is 17.6 Å². The van der Waals surface area contributed by atoms with Crippen molar-refractivity contribution in [1.82, 2.24) is 10.1 Å². The maximum Gasteiger partial charge on any atom is 0.227 e. The van der Waals surface area contributed by atoms with E-state index in [2.05, 4.69) is 22.4 Å². The van der Waals surface area contributed by atoms with E-state index in [1.54, 1.807) is 24.3 Å². The van der Waals surface area contributed by atoms with Crippen LogP contribution in [0.5, 0.6) is 17.2 Å². The number of carbonyl (C=O) groups excluding carboxylic acids is 1. The summed E-state index contributed by atoms with van der Waals surface area (Å²) in [6.45, 7) is 4.62. The van der Waals surface area contributed by atoms with Crippen molar-refractivity contribution in [3.8, 4) is 17.2 Å². The van der Waals surface area contributed by atoms with Gasteiger partial charge in [0.15, 0.2) is 5.82 Å². The van der Waals surface area contributed by atoms with Crippen molar-refractivity contribution in [3.05, 3.63) is 60.2 Å². The van der Waals surface area contributed by atoms with Crippen molar-refractivity contribution in [2.45, 2.75) is 39.5 Å². The molecule has 1 N–H and O–H groups in total. The molecule has 29 heavy (non-hydrogen) atoms. The van der Waals surface area contributed by atoms with Crippen molar-refractivity contribution in [3.63, 3.8) is 0 Å². The third-order valence-electron chi connectivity index (χ3n) is 4.06. The number of benzene rings is 2. The maximum atomic E-state index is 12.1. The number of anilines is 1. The van der Waals surface area contributed by atoms with E-state index >= 15 is 0 Å². The van der Waals surface area contributed by atoms with Crippen LogP contribution < -0.4 is 14.8 Å². The van der Waals surface area contributed by atoms with Gasteiger partial charge in [0.1, 0.15) is 17.2 Å². The van der Waals surface area contributed by atoms with Gasteiger partial charge in [0.2, 0.25) is 11.8 Å². The number of nitrogens with zero attached hydrogens (tertiary/aromatic N) is 2. The lowest BCUT2D eigenvalue weighted by Crippen LogP contribution is -2.12. The van der Waals surface area contributed by atoms with Crippen LogP contribution in [0.2, 0.25) is 0 Å². The van der Waals surface area contributed by atoms with Gasteiger partial charge in [0, 0.05) is 24.9 Å². The fourth-order valence-corrected chi connectivity index (χ4v) is 2.67. The number of amides is 1. The molecule has 0 saturated heterocycles. The van der Waals surface area contributed by atoms with Crippen LogP contribution >= 0.6 is 0 Å². The fraction of sp³-hybridized carbons (Fsp3) is 0.318. The number of rotatable bonds is 10. The number of aromatic nitrogens is 2. The Morgan fingerprint density at radius 3 is 2.28 bits per heavy atom. The molecule has 0 saturated carbocycles. The van der Waals surface area contributed by atoms with Crippen LogP contribution in [0.15, 0.2) is 53.1 Å². The van der Waals surface area contributed by atoms with Gasteiger partial charge in [0.05, 0.1) is 6.61 Å². The Bertz CT molecular complexity index is 905. The molecular formula is C22H25N3O4. The lowest BCUT2D eigenvalue weighted by Gasteiger charge is -2.09. The van der Waals surface area contributed by atoms with Crippen LogP contribution in [0, 0.1) is 0 Å². The summed E-state index contributed by atoms with van der Waals surface area (Å²) in [4.78, 5) is 16.4. The molecule has 2 aromatic carbocycles. The topological polar surface area (TPSA) is 86.5 Å². The lowest BCUT2D eigenvalue weighted by molar-refractivity contribution is -0.116. The highest BCUT2D eigenvalue weighted by Gasteiger charge is 2.09. The van der Waals surface area contributed by atoms with Crippen molar-refractivity contribution in [1.29, 1.82) is 0 Å². The van der Waals surface area contributed by atoms with Crippen molar-refractivity contribution < 1.29 is 18.8 Å². The zero-order chi connectivity index (χ0) is 20.5. The van der Waals surface area contributed by atoms with Crippen LogP contribution in [0.3, 0.4) is 0 Å². The van der Waals surface area contributed by atoms with Crippen LogP contribution in [0.4, 0.5) is 5.69 Å². The van der Waals surface area contributed by atoms with Crippen molar-refractivity contribution in [2.24, 2.45) is 0 Å². The lowest BCUT2D eigenvalue weighted by atomic mass is 10.2. The molecule has 0 bridgehead atoms. The summed E-state index contributed by atoms with van der Waals surface area (Å²) in [5.74, 6) is 3.27. The third kappa shape index (κ3) is 6.34. The molecule has 0 unspecified atom stereocenters. The zero-order valence-electron chi connectivity index (χ0n) is 16.7. The minimum absolute atomic E-state index is 0.111. The second-order valence-electron chi connectivity index (χ2n) is 6.43. The SMILES string of the molecule is CCCc1noc(CCC(=O)Nc2ccc(Oc3ccc(OCC)cc3)cc2)n1. The van der Waals surface area contributed by atoms with Crippen LogP contribution in [0.1, 0.15) is 38.4 Å². The number of nitrogens with one attached hydrogen (secondary N) is 1. The van der Waals surface area contributed by atoms with Gasteiger partial charge in [-0.3, -0.25) is 4.79 Å². The predicted molar refractivity (Wildman–Crippen MR) is 109 cm³/mol. The Morgan fingerprint density at radius 1 is 0.966 bits per heavy atom. The first-order valence-corrected chi connectivity index (χ1v) is 9.78. The Labute approximate surface area is 170 Å². The Balaban J connectivity index is 1.47. The first kappa shape index (κ1) is 20.4. The number of hydrogen-bond donors (Lipinski definition) is 1. The van der Waals surface area contributed by atoms with Crippen LogP contribution in [-0.4, -0.2) is 22.7 Å². The molecule has 1 amide bonds. The maximum absolute atomic E-state index is 12.1.